The summed E-state index contributed by atoms with van der Waals surface area (Å²) in [6.07, 6.45) is 4.23. The SMILES string of the molecule is [N-]=[N+]=NCCOC(=O)C1CC=CCC1N1C(=O)c2ccccc2C(C(=O)N=O)C1c1ccc(Cl)cc1Cl. The average Bonchev–Trinajstić information content (AvgIpc) is 2.91. The van der Waals surface area contributed by atoms with Gasteiger partial charge in [0.25, 0.3) is 11.8 Å². The number of hydrogen-bond donors (Lipinski definition) is 0. The quantitative estimate of drug-likeness (QED) is 0.0832. The van der Waals surface area contributed by atoms with Crippen LogP contribution in [0.5, 0.6) is 0 Å². The second-order valence-corrected chi connectivity index (χ2v) is 9.40. The van der Waals surface area contributed by atoms with Crippen LogP contribution < -0.4 is 0 Å². The van der Waals surface area contributed by atoms with E-state index in [1.165, 1.54) is 11.0 Å². The van der Waals surface area contributed by atoms with E-state index in [0.717, 1.165) is 0 Å². The molecule has 0 saturated heterocycles. The van der Waals surface area contributed by atoms with Gasteiger partial charge < -0.3 is 9.64 Å². The van der Waals surface area contributed by atoms with Gasteiger partial charge in [0.05, 0.1) is 31.0 Å². The molecule has 0 spiro atoms. The fraction of sp³-hybridized carbons (Fsp3) is 0.320. The van der Waals surface area contributed by atoms with E-state index in [0.29, 0.717) is 22.6 Å². The summed E-state index contributed by atoms with van der Waals surface area (Å²) >= 11 is 12.7. The topological polar surface area (TPSA) is 142 Å². The lowest BCUT2D eigenvalue weighted by Gasteiger charge is -2.47. The maximum Gasteiger partial charge on any atom is 0.311 e. The highest BCUT2D eigenvalue weighted by atomic mass is 35.5. The van der Waals surface area contributed by atoms with Crippen molar-refractivity contribution < 1.29 is 19.1 Å². The lowest BCUT2D eigenvalue weighted by Crippen LogP contribution is -2.54. The monoisotopic (exact) mass is 541 g/mol. The number of amides is 2. The molecule has 0 radical (unpaired) electrons. The third-order valence-corrected chi connectivity index (χ3v) is 7.13. The second kappa shape index (κ2) is 11.6. The number of esters is 1. The molecular formula is C25H21Cl2N5O5. The lowest BCUT2D eigenvalue weighted by atomic mass is 9.76. The van der Waals surface area contributed by atoms with Gasteiger partial charge in [0.15, 0.2) is 0 Å². The third kappa shape index (κ3) is 5.22. The van der Waals surface area contributed by atoms with E-state index in [9.17, 15) is 19.3 Å². The van der Waals surface area contributed by atoms with Crippen molar-refractivity contribution in [2.45, 2.75) is 30.8 Å². The summed E-state index contributed by atoms with van der Waals surface area (Å²) in [5.74, 6) is -3.91. The molecule has 1 heterocycles. The van der Waals surface area contributed by atoms with Crippen LogP contribution in [0.4, 0.5) is 0 Å². The zero-order chi connectivity index (χ0) is 26.5. The molecule has 1 aliphatic carbocycles. The minimum atomic E-state index is -1.15. The Hall–Kier alpha value is -3.72. The van der Waals surface area contributed by atoms with E-state index in [2.05, 4.69) is 15.2 Å². The molecule has 0 N–H and O–H groups in total. The Kier molecular flexibility index (Phi) is 8.23. The largest absolute Gasteiger partial charge is 0.465 e. The van der Waals surface area contributed by atoms with Crippen molar-refractivity contribution in [2.24, 2.45) is 16.2 Å². The van der Waals surface area contributed by atoms with Crippen LogP contribution in [-0.4, -0.2) is 41.9 Å². The van der Waals surface area contributed by atoms with Crippen molar-refractivity contribution in [1.82, 2.24) is 4.90 Å². The van der Waals surface area contributed by atoms with Gasteiger partial charge in [-0.15, -0.1) is 4.91 Å². The molecule has 10 nitrogen and oxygen atoms in total. The zero-order valence-corrected chi connectivity index (χ0v) is 20.9. The first-order chi connectivity index (χ1) is 17.9. The summed E-state index contributed by atoms with van der Waals surface area (Å²) in [6, 6.07) is 9.40. The minimum Gasteiger partial charge on any atom is -0.465 e. The molecule has 2 aromatic carbocycles. The molecule has 0 bridgehead atoms. The van der Waals surface area contributed by atoms with E-state index >= 15 is 0 Å². The highest BCUT2D eigenvalue weighted by Crippen LogP contribution is 2.48. The standard InChI is InChI=1S/C25H21Cl2N5O5/c26-14-9-10-17(19(27)13-14)22-21(23(33)30-36)15-5-1-2-6-16(15)24(34)32(22)20-8-4-3-7-18(20)25(35)37-12-11-29-31-28/h1-6,9-10,13,18,20-22H,7-8,11-12H2. The molecule has 37 heavy (non-hydrogen) atoms. The van der Waals surface area contributed by atoms with Crippen molar-refractivity contribution in [1.29, 1.82) is 0 Å². The first-order valence-electron chi connectivity index (χ1n) is 11.4. The van der Waals surface area contributed by atoms with Gasteiger partial charge in [0, 0.05) is 31.7 Å². The summed E-state index contributed by atoms with van der Waals surface area (Å²) in [5.41, 5.74) is 9.43. The fourth-order valence-corrected chi connectivity index (χ4v) is 5.53. The maximum absolute atomic E-state index is 14.0. The molecular weight excluding hydrogens is 521 g/mol. The van der Waals surface area contributed by atoms with Gasteiger partial charge in [0.1, 0.15) is 0 Å². The lowest BCUT2D eigenvalue weighted by molar-refractivity contribution is -0.151. The smallest absolute Gasteiger partial charge is 0.311 e. The number of rotatable bonds is 7. The first kappa shape index (κ1) is 26.3. The highest BCUT2D eigenvalue weighted by Gasteiger charge is 2.50. The fourth-order valence-electron chi connectivity index (χ4n) is 5.01. The molecule has 1 aliphatic heterocycles. The second-order valence-electron chi connectivity index (χ2n) is 8.56. The average molecular weight is 542 g/mol. The number of carbonyl (C=O) groups excluding carboxylic acids is 3. The molecule has 2 amide bonds. The van der Waals surface area contributed by atoms with Gasteiger partial charge in [-0.25, -0.2) is 0 Å². The van der Waals surface area contributed by atoms with Crippen LogP contribution in [0.3, 0.4) is 0 Å². The predicted molar refractivity (Wildman–Crippen MR) is 136 cm³/mol. The van der Waals surface area contributed by atoms with E-state index in [-0.39, 0.29) is 30.2 Å². The van der Waals surface area contributed by atoms with Crippen LogP contribution in [0.1, 0.15) is 46.3 Å². The molecule has 2 aliphatic rings. The number of nitrogens with zero attached hydrogens (tertiary/aromatic N) is 5. The van der Waals surface area contributed by atoms with Crippen LogP contribution in [-0.2, 0) is 14.3 Å². The summed E-state index contributed by atoms with van der Waals surface area (Å²) < 4.78 is 5.33. The van der Waals surface area contributed by atoms with Crippen LogP contribution in [0, 0.1) is 10.8 Å². The molecule has 4 rings (SSSR count). The number of azide groups is 1. The molecule has 4 unspecified atom stereocenters. The molecule has 190 valence electrons. The first-order valence-corrected chi connectivity index (χ1v) is 12.2. The van der Waals surface area contributed by atoms with Gasteiger partial charge in [-0.3, -0.25) is 14.4 Å². The van der Waals surface area contributed by atoms with E-state index < -0.39 is 41.7 Å². The van der Waals surface area contributed by atoms with Crippen molar-refractivity contribution in [3.8, 4) is 0 Å². The molecule has 2 aromatic rings. The van der Waals surface area contributed by atoms with Gasteiger partial charge in [-0.05, 0) is 47.7 Å². The Morgan fingerprint density at radius 2 is 1.86 bits per heavy atom. The van der Waals surface area contributed by atoms with Crippen LogP contribution in [0.15, 0.2) is 64.9 Å². The summed E-state index contributed by atoms with van der Waals surface area (Å²) in [4.78, 5) is 55.8. The normalized spacial score (nSPS) is 22.5. The Morgan fingerprint density at radius 3 is 2.59 bits per heavy atom. The number of hydrogen-bond acceptors (Lipinski definition) is 6. The predicted octanol–water partition coefficient (Wildman–Crippen LogP) is 5.76. The van der Waals surface area contributed by atoms with Crippen molar-refractivity contribution in [2.75, 3.05) is 13.2 Å². The van der Waals surface area contributed by atoms with Gasteiger partial charge in [0.2, 0.25) is 0 Å². The summed E-state index contributed by atoms with van der Waals surface area (Å²) in [7, 11) is 0. The Labute approximate surface area is 221 Å². The van der Waals surface area contributed by atoms with E-state index in [1.807, 2.05) is 12.2 Å². The molecule has 0 aromatic heterocycles. The zero-order valence-electron chi connectivity index (χ0n) is 19.4. The van der Waals surface area contributed by atoms with Crippen molar-refractivity contribution in [3.05, 3.63) is 96.7 Å². The summed E-state index contributed by atoms with van der Waals surface area (Å²) in [5, 5.41) is 6.61. The number of ether oxygens (including phenoxy) is 1. The van der Waals surface area contributed by atoms with Crippen LogP contribution in [0.25, 0.3) is 10.4 Å². The summed E-state index contributed by atoms with van der Waals surface area (Å²) in [6.45, 7) is -0.148. The third-order valence-electron chi connectivity index (χ3n) is 6.57. The van der Waals surface area contributed by atoms with Crippen LogP contribution >= 0.6 is 23.2 Å². The molecule has 12 heteroatoms. The molecule has 4 atom stereocenters. The molecule has 0 saturated carbocycles. The van der Waals surface area contributed by atoms with Gasteiger partial charge in [-0.2, -0.15) is 0 Å². The van der Waals surface area contributed by atoms with Crippen molar-refractivity contribution in [3.63, 3.8) is 0 Å². The number of allylic oxidation sites excluding steroid dienone is 1. The van der Waals surface area contributed by atoms with E-state index in [1.54, 1.807) is 36.4 Å². The van der Waals surface area contributed by atoms with Crippen LogP contribution in [0.2, 0.25) is 10.0 Å². The Bertz CT molecular complexity index is 1330. The minimum absolute atomic E-state index is 0.0317. The number of fused-ring (bicyclic) bond motifs is 1. The van der Waals surface area contributed by atoms with Gasteiger partial charge >= 0.3 is 5.97 Å². The maximum atomic E-state index is 14.0. The van der Waals surface area contributed by atoms with Crippen molar-refractivity contribution >= 4 is 41.0 Å². The number of carbonyl (C=O) groups is 3. The highest BCUT2D eigenvalue weighted by molar-refractivity contribution is 6.35. The van der Waals surface area contributed by atoms with E-state index in [4.69, 9.17) is 33.5 Å². The Morgan fingerprint density at radius 1 is 1.11 bits per heavy atom. The molecule has 0 fully saturated rings. The number of halogens is 2. The number of benzene rings is 2. The Balaban J connectivity index is 1.86. The van der Waals surface area contributed by atoms with Gasteiger partial charge in [-0.1, -0.05) is 64.7 Å². The number of nitroso groups, excluding NO2 is 1.